The minimum absolute atomic E-state index is 0.210. The highest BCUT2D eigenvalue weighted by molar-refractivity contribution is 14.1. The first kappa shape index (κ1) is 11.4. The Kier molecular flexibility index (Phi) is 7.38. The van der Waals surface area contributed by atoms with Crippen LogP contribution in [0.5, 0.6) is 0 Å². The predicted octanol–water partition coefficient (Wildman–Crippen LogP) is 3.27. The van der Waals surface area contributed by atoms with Gasteiger partial charge in [0.05, 0.1) is 6.10 Å². The normalized spacial score (nSPS) is 15.1. The number of aliphatic hydroxyl groups excluding tert-OH is 1. The van der Waals surface area contributed by atoms with Gasteiger partial charge in [-0.25, -0.2) is 0 Å². The molecule has 2 heteroatoms. The van der Waals surface area contributed by atoms with Crippen LogP contribution in [0.4, 0.5) is 0 Å². The second-order valence-electron chi connectivity index (χ2n) is 2.86. The molecule has 0 spiro atoms. The molecule has 1 atom stereocenters. The molecule has 0 aromatic rings. The van der Waals surface area contributed by atoms with E-state index in [1.54, 1.807) is 0 Å². The molecule has 1 unspecified atom stereocenters. The summed E-state index contributed by atoms with van der Waals surface area (Å²) in [5.41, 5.74) is 1.08. The Bertz CT molecular complexity index is 121. The minimum Gasteiger partial charge on any atom is -0.389 e. The van der Waals surface area contributed by atoms with Gasteiger partial charge < -0.3 is 5.11 Å². The van der Waals surface area contributed by atoms with Crippen molar-refractivity contribution in [2.75, 3.05) is 0 Å². The summed E-state index contributed by atoms with van der Waals surface area (Å²) in [5, 5.41) is 9.47. The first-order valence-electron chi connectivity index (χ1n) is 4.17. The second-order valence-corrected chi connectivity index (χ2v) is 3.49. The zero-order chi connectivity index (χ0) is 8.69. The van der Waals surface area contributed by atoms with Crippen molar-refractivity contribution in [1.29, 1.82) is 0 Å². The van der Waals surface area contributed by atoms with Crippen molar-refractivity contribution in [3.05, 3.63) is 9.66 Å². The van der Waals surface area contributed by atoms with Crippen molar-refractivity contribution in [3.63, 3.8) is 0 Å². The Morgan fingerprint density at radius 3 is 2.64 bits per heavy atom. The average Bonchev–Trinajstić information content (AvgIpc) is 2.03. The molecule has 0 aliphatic heterocycles. The summed E-state index contributed by atoms with van der Waals surface area (Å²) in [7, 11) is 0. The lowest BCUT2D eigenvalue weighted by Crippen LogP contribution is -2.06. The molecule has 0 bridgehead atoms. The van der Waals surface area contributed by atoms with Crippen LogP contribution in [0.25, 0.3) is 0 Å². The zero-order valence-corrected chi connectivity index (χ0v) is 9.47. The first-order valence-corrected chi connectivity index (χ1v) is 5.41. The summed E-state index contributed by atoms with van der Waals surface area (Å²) in [6.45, 7) is 4.15. The molecule has 0 rings (SSSR count). The van der Waals surface area contributed by atoms with Gasteiger partial charge in [0.15, 0.2) is 0 Å². The maximum Gasteiger partial charge on any atom is 0.0754 e. The van der Waals surface area contributed by atoms with Crippen LogP contribution in [-0.4, -0.2) is 11.2 Å². The standard InChI is InChI=1S/C9H17IO/c1-3-4-5-6-9(11)8(2)7-10/h7,9,11H,3-6H2,1-2H3/b8-7+. The quantitative estimate of drug-likeness (QED) is 0.599. The maximum absolute atomic E-state index is 9.47. The highest BCUT2D eigenvalue weighted by Crippen LogP contribution is 2.11. The number of hydrogen-bond acceptors (Lipinski definition) is 1. The second kappa shape index (κ2) is 7.10. The number of unbranched alkanes of at least 4 members (excludes halogenated alkanes) is 2. The third kappa shape index (κ3) is 5.67. The van der Waals surface area contributed by atoms with E-state index in [2.05, 4.69) is 29.5 Å². The molecule has 0 aliphatic rings. The molecule has 0 radical (unpaired) electrons. The zero-order valence-electron chi connectivity index (χ0n) is 7.31. The van der Waals surface area contributed by atoms with Crippen molar-refractivity contribution < 1.29 is 5.11 Å². The molecule has 0 saturated heterocycles. The van der Waals surface area contributed by atoms with Gasteiger partial charge in [-0.2, -0.15) is 0 Å². The van der Waals surface area contributed by atoms with E-state index in [1.807, 2.05) is 11.0 Å². The van der Waals surface area contributed by atoms with E-state index in [0.717, 1.165) is 18.4 Å². The van der Waals surface area contributed by atoms with E-state index in [0.29, 0.717) is 0 Å². The summed E-state index contributed by atoms with van der Waals surface area (Å²) >= 11 is 2.17. The molecule has 0 fully saturated rings. The summed E-state index contributed by atoms with van der Waals surface area (Å²) < 4.78 is 1.95. The summed E-state index contributed by atoms with van der Waals surface area (Å²) in [4.78, 5) is 0. The molecule has 0 aliphatic carbocycles. The van der Waals surface area contributed by atoms with E-state index in [1.165, 1.54) is 12.8 Å². The lowest BCUT2D eigenvalue weighted by Gasteiger charge is -2.09. The van der Waals surface area contributed by atoms with Crippen LogP contribution >= 0.6 is 22.6 Å². The highest BCUT2D eigenvalue weighted by Gasteiger charge is 2.03. The van der Waals surface area contributed by atoms with Gasteiger partial charge in [-0.1, -0.05) is 48.8 Å². The SMILES string of the molecule is CCCCCC(O)/C(C)=C/I. The molecule has 11 heavy (non-hydrogen) atoms. The molecule has 1 N–H and O–H groups in total. The van der Waals surface area contributed by atoms with E-state index in [9.17, 15) is 5.11 Å². The van der Waals surface area contributed by atoms with Gasteiger partial charge in [-0.05, 0) is 23.0 Å². The topological polar surface area (TPSA) is 20.2 Å². The van der Waals surface area contributed by atoms with Gasteiger partial charge in [0.1, 0.15) is 0 Å². The van der Waals surface area contributed by atoms with Gasteiger partial charge in [0.2, 0.25) is 0 Å². The van der Waals surface area contributed by atoms with Crippen LogP contribution in [0.1, 0.15) is 39.5 Å². The van der Waals surface area contributed by atoms with Gasteiger partial charge in [-0.15, -0.1) is 0 Å². The van der Waals surface area contributed by atoms with Crippen molar-refractivity contribution in [2.24, 2.45) is 0 Å². The summed E-state index contributed by atoms with van der Waals surface area (Å²) in [6.07, 6.45) is 4.29. The molecule has 0 amide bonds. The molecule has 0 aromatic carbocycles. The molecule has 1 nitrogen and oxygen atoms in total. The Morgan fingerprint density at radius 1 is 1.55 bits per heavy atom. The van der Waals surface area contributed by atoms with Crippen LogP contribution in [0.2, 0.25) is 0 Å². The fraction of sp³-hybridized carbons (Fsp3) is 0.778. The Labute approximate surface area is 83.0 Å². The molecular weight excluding hydrogens is 251 g/mol. The number of rotatable bonds is 5. The van der Waals surface area contributed by atoms with E-state index in [-0.39, 0.29) is 6.10 Å². The number of aliphatic hydroxyl groups is 1. The van der Waals surface area contributed by atoms with Crippen LogP contribution in [0.3, 0.4) is 0 Å². The first-order chi connectivity index (χ1) is 5.22. The highest BCUT2D eigenvalue weighted by atomic mass is 127. The Balaban J connectivity index is 3.44. The molecule has 0 heterocycles. The van der Waals surface area contributed by atoms with Crippen molar-refractivity contribution in [1.82, 2.24) is 0 Å². The van der Waals surface area contributed by atoms with E-state index < -0.39 is 0 Å². The minimum atomic E-state index is -0.210. The summed E-state index contributed by atoms with van der Waals surface area (Å²) in [6, 6.07) is 0. The van der Waals surface area contributed by atoms with Gasteiger partial charge in [0.25, 0.3) is 0 Å². The fourth-order valence-corrected chi connectivity index (χ4v) is 1.30. The third-order valence-corrected chi connectivity index (χ3v) is 2.76. The van der Waals surface area contributed by atoms with Crippen LogP contribution in [0.15, 0.2) is 9.66 Å². The van der Waals surface area contributed by atoms with Crippen LogP contribution < -0.4 is 0 Å². The molecular formula is C9H17IO. The molecule has 0 aromatic heterocycles. The Hall–Kier alpha value is 0.430. The number of halogens is 1. The van der Waals surface area contributed by atoms with Crippen molar-refractivity contribution >= 4 is 22.6 Å². The van der Waals surface area contributed by atoms with Crippen molar-refractivity contribution in [2.45, 2.75) is 45.6 Å². The van der Waals surface area contributed by atoms with Gasteiger partial charge in [-0.3, -0.25) is 0 Å². The average molecular weight is 268 g/mol. The van der Waals surface area contributed by atoms with E-state index >= 15 is 0 Å². The molecule has 66 valence electrons. The lowest BCUT2D eigenvalue weighted by molar-refractivity contribution is 0.196. The Morgan fingerprint density at radius 2 is 2.18 bits per heavy atom. The predicted molar refractivity (Wildman–Crippen MR) is 57.9 cm³/mol. The monoisotopic (exact) mass is 268 g/mol. The molecule has 0 saturated carbocycles. The van der Waals surface area contributed by atoms with Gasteiger partial charge in [0, 0.05) is 0 Å². The largest absolute Gasteiger partial charge is 0.389 e. The number of hydrogen-bond donors (Lipinski definition) is 1. The van der Waals surface area contributed by atoms with Crippen molar-refractivity contribution in [3.8, 4) is 0 Å². The fourth-order valence-electron chi connectivity index (χ4n) is 0.888. The summed E-state index contributed by atoms with van der Waals surface area (Å²) in [5.74, 6) is 0. The van der Waals surface area contributed by atoms with E-state index in [4.69, 9.17) is 0 Å². The smallest absolute Gasteiger partial charge is 0.0754 e. The maximum atomic E-state index is 9.47. The lowest BCUT2D eigenvalue weighted by atomic mass is 10.1. The third-order valence-electron chi connectivity index (χ3n) is 1.78. The van der Waals surface area contributed by atoms with Crippen LogP contribution in [-0.2, 0) is 0 Å². The van der Waals surface area contributed by atoms with Gasteiger partial charge >= 0.3 is 0 Å². The van der Waals surface area contributed by atoms with Crippen LogP contribution in [0, 0.1) is 0 Å².